The van der Waals surface area contributed by atoms with Crippen LogP contribution in [0.25, 0.3) is 6.08 Å². The van der Waals surface area contributed by atoms with Crippen molar-refractivity contribution in [2.75, 3.05) is 13.2 Å². The molecule has 45 heavy (non-hydrogen) atoms. The molecule has 12 heteroatoms. The van der Waals surface area contributed by atoms with E-state index in [4.69, 9.17) is 28.4 Å². The van der Waals surface area contributed by atoms with E-state index in [1.807, 2.05) is 31.2 Å². The molecule has 244 valence electrons. The Balaban J connectivity index is 1.99. The van der Waals surface area contributed by atoms with Gasteiger partial charge in [0.25, 0.3) is 0 Å². The normalized spacial score (nSPS) is 23.0. The van der Waals surface area contributed by atoms with E-state index in [2.05, 4.69) is 18.8 Å². The summed E-state index contributed by atoms with van der Waals surface area (Å²) >= 11 is 0. The molecular weight excluding hydrogens is 586 g/mol. The number of carbonyl (C=O) groups is 5. The molecule has 5 atom stereocenters. The summed E-state index contributed by atoms with van der Waals surface area (Å²) in [6.45, 7) is 10.8. The third kappa shape index (κ3) is 9.84. The largest absolute Gasteiger partial charge is 0.463 e. The molecular formula is C33H41NO11. The number of aldehydes is 1. The van der Waals surface area contributed by atoms with Crippen LogP contribution in [0.3, 0.4) is 0 Å². The fourth-order valence-corrected chi connectivity index (χ4v) is 5.18. The van der Waals surface area contributed by atoms with Gasteiger partial charge in [-0.1, -0.05) is 44.2 Å². The van der Waals surface area contributed by atoms with E-state index in [1.165, 1.54) is 13.8 Å². The van der Waals surface area contributed by atoms with Gasteiger partial charge in [-0.25, -0.2) is 4.99 Å². The summed E-state index contributed by atoms with van der Waals surface area (Å²) in [7, 11) is 0. The van der Waals surface area contributed by atoms with Crippen LogP contribution in [0.15, 0.2) is 40.4 Å². The zero-order chi connectivity index (χ0) is 33.3. The second kappa shape index (κ2) is 16.1. The van der Waals surface area contributed by atoms with E-state index in [0.717, 1.165) is 48.0 Å². The van der Waals surface area contributed by atoms with Crippen LogP contribution in [0.5, 0.6) is 0 Å². The van der Waals surface area contributed by atoms with Gasteiger partial charge in [0.05, 0.1) is 6.54 Å². The van der Waals surface area contributed by atoms with E-state index >= 15 is 0 Å². The van der Waals surface area contributed by atoms with Crippen LogP contribution in [0.2, 0.25) is 0 Å². The lowest BCUT2D eigenvalue weighted by Crippen LogP contribution is -2.63. The molecule has 1 aromatic carbocycles. The van der Waals surface area contributed by atoms with Crippen LogP contribution in [0.1, 0.15) is 64.7 Å². The molecule has 0 aromatic heterocycles. The van der Waals surface area contributed by atoms with Gasteiger partial charge in [0, 0.05) is 46.1 Å². The Morgan fingerprint density at radius 3 is 2.18 bits per heavy atom. The number of carbonyl (C=O) groups excluding carboxylic acids is 5. The highest BCUT2D eigenvalue weighted by Crippen LogP contribution is 2.33. The summed E-state index contributed by atoms with van der Waals surface area (Å²) in [5.74, 6) is -2.40. The summed E-state index contributed by atoms with van der Waals surface area (Å²) in [4.78, 5) is 63.4. The van der Waals surface area contributed by atoms with Gasteiger partial charge in [-0.2, -0.15) is 0 Å². The quantitative estimate of drug-likeness (QED) is 0.190. The van der Waals surface area contributed by atoms with Crippen molar-refractivity contribution in [2.24, 2.45) is 10.9 Å². The predicted octanol–water partition coefficient (Wildman–Crippen LogP) is 3.60. The van der Waals surface area contributed by atoms with Gasteiger partial charge in [-0.15, -0.1) is 0 Å². The van der Waals surface area contributed by atoms with E-state index < -0.39 is 54.6 Å². The molecule has 0 bridgehead atoms. The Morgan fingerprint density at radius 1 is 0.956 bits per heavy atom. The van der Waals surface area contributed by atoms with Gasteiger partial charge in [-0.3, -0.25) is 19.2 Å². The molecule has 0 unspecified atom stereocenters. The molecule has 0 saturated carbocycles. The highest BCUT2D eigenvalue weighted by molar-refractivity contribution is 5.97. The second-order valence-electron chi connectivity index (χ2n) is 11.1. The number of aryl methyl sites for hydroxylation is 1. The lowest BCUT2D eigenvalue weighted by Gasteiger charge is -2.43. The van der Waals surface area contributed by atoms with E-state index in [0.29, 0.717) is 19.4 Å². The molecule has 0 amide bonds. The molecule has 2 aliphatic rings. The van der Waals surface area contributed by atoms with Gasteiger partial charge in [0.2, 0.25) is 18.3 Å². The third-order valence-corrected chi connectivity index (χ3v) is 7.19. The van der Waals surface area contributed by atoms with Crippen LogP contribution >= 0.6 is 0 Å². The Kier molecular flexibility index (Phi) is 12.6. The first-order valence-corrected chi connectivity index (χ1v) is 14.7. The minimum atomic E-state index is -1.38. The van der Waals surface area contributed by atoms with Gasteiger partial charge < -0.3 is 33.2 Å². The molecule has 0 spiro atoms. The summed E-state index contributed by atoms with van der Waals surface area (Å²) in [6.07, 6.45) is -1.19. The fourth-order valence-electron chi connectivity index (χ4n) is 5.18. The molecule has 0 N–H and O–H groups in total. The number of allylic oxidation sites excluding steroid dienone is 1. The predicted molar refractivity (Wildman–Crippen MR) is 162 cm³/mol. The van der Waals surface area contributed by atoms with Gasteiger partial charge in [0.15, 0.2) is 12.2 Å². The van der Waals surface area contributed by atoms with Crippen molar-refractivity contribution in [2.45, 2.75) is 92.0 Å². The average Bonchev–Trinajstić information content (AvgIpc) is 3.34. The Hall–Kier alpha value is -4.32. The minimum Gasteiger partial charge on any atom is -0.463 e. The fraction of sp³-hybridized carbons (Fsp3) is 0.515. The molecule has 0 aliphatic carbocycles. The second-order valence-corrected chi connectivity index (χ2v) is 11.1. The molecule has 1 fully saturated rings. The maximum atomic E-state index is 12.2. The number of aliphatic imine (C=N–C) groups is 1. The number of ether oxygens (including phenoxy) is 6. The number of hydrogen-bond acceptors (Lipinski definition) is 12. The third-order valence-electron chi connectivity index (χ3n) is 7.19. The topological polar surface area (TPSA) is 153 Å². The lowest BCUT2D eigenvalue weighted by molar-refractivity contribution is -0.291. The standard InChI is InChI=1S/C33H41NO11/c1-18(2)27-16-34-32(26(27)15-25-12-11-24(14-19(25)3)10-8-9-13-35)45-33-31(43-23(7)39)30(42-22(6)38)29(41-21(5)37)28(44-33)17-40-20(4)36/h8,10-14,18,28-31,33H,9,15-17H2,1-7H3/b10-8+/t28-,29-,30+,31-,33+/m1/s1. The highest BCUT2D eigenvalue weighted by atomic mass is 16.7. The van der Waals surface area contributed by atoms with Crippen LogP contribution in [-0.4, -0.2) is 79.9 Å². The molecule has 3 rings (SSSR count). The number of esters is 4. The minimum absolute atomic E-state index is 0.131. The van der Waals surface area contributed by atoms with Crippen LogP contribution in [-0.2, 0) is 58.8 Å². The Bertz CT molecular complexity index is 1380. The van der Waals surface area contributed by atoms with Crippen molar-refractivity contribution < 1.29 is 52.4 Å². The lowest BCUT2D eigenvalue weighted by atomic mass is 9.92. The number of rotatable bonds is 12. The van der Waals surface area contributed by atoms with Gasteiger partial charge >= 0.3 is 23.9 Å². The van der Waals surface area contributed by atoms with Crippen molar-refractivity contribution in [3.63, 3.8) is 0 Å². The molecule has 2 aliphatic heterocycles. The molecule has 2 heterocycles. The van der Waals surface area contributed by atoms with Crippen molar-refractivity contribution >= 4 is 42.1 Å². The Morgan fingerprint density at radius 2 is 1.60 bits per heavy atom. The smallest absolute Gasteiger partial charge is 0.303 e. The highest BCUT2D eigenvalue weighted by Gasteiger charge is 2.54. The van der Waals surface area contributed by atoms with Crippen molar-refractivity contribution in [3.05, 3.63) is 52.1 Å². The van der Waals surface area contributed by atoms with E-state index in [1.54, 1.807) is 6.08 Å². The molecule has 12 nitrogen and oxygen atoms in total. The van der Waals surface area contributed by atoms with Crippen LogP contribution in [0.4, 0.5) is 0 Å². The maximum absolute atomic E-state index is 12.2. The maximum Gasteiger partial charge on any atom is 0.303 e. The van der Waals surface area contributed by atoms with Crippen molar-refractivity contribution in [1.82, 2.24) is 0 Å². The first kappa shape index (κ1) is 35.2. The average molecular weight is 628 g/mol. The number of benzene rings is 1. The first-order chi connectivity index (χ1) is 21.3. The molecule has 0 radical (unpaired) electrons. The SMILES string of the molecule is CC(=O)OC[C@H]1O[C@@H](OC2=NCC(C(C)C)=C2Cc2ccc(/C=C/CC=O)cc2C)[C@H](OC(C)=O)[C@@H](OC(C)=O)[C@@H]1OC(C)=O. The Labute approximate surface area is 262 Å². The van der Waals surface area contributed by atoms with Crippen molar-refractivity contribution in [1.29, 1.82) is 0 Å². The van der Waals surface area contributed by atoms with Gasteiger partial charge in [-0.05, 0) is 35.1 Å². The summed E-state index contributed by atoms with van der Waals surface area (Å²) in [5.41, 5.74) is 4.88. The van der Waals surface area contributed by atoms with Crippen molar-refractivity contribution in [3.8, 4) is 0 Å². The van der Waals surface area contributed by atoms with Gasteiger partial charge in [0.1, 0.15) is 19.0 Å². The molecule has 1 aromatic rings. The number of nitrogens with zero attached hydrogens (tertiary/aromatic N) is 1. The number of hydrogen-bond donors (Lipinski definition) is 0. The van der Waals surface area contributed by atoms with E-state index in [-0.39, 0.29) is 18.4 Å². The monoisotopic (exact) mass is 627 g/mol. The zero-order valence-electron chi connectivity index (χ0n) is 26.7. The zero-order valence-corrected chi connectivity index (χ0v) is 26.7. The van der Waals surface area contributed by atoms with Crippen LogP contribution in [0, 0.1) is 12.8 Å². The van der Waals surface area contributed by atoms with Crippen LogP contribution < -0.4 is 0 Å². The summed E-state index contributed by atoms with van der Waals surface area (Å²) < 4.78 is 34.2. The first-order valence-electron chi connectivity index (χ1n) is 14.7. The summed E-state index contributed by atoms with van der Waals surface area (Å²) in [6, 6.07) is 5.99. The summed E-state index contributed by atoms with van der Waals surface area (Å²) in [5, 5.41) is 0. The van der Waals surface area contributed by atoms with E-state index in [9.17, 15) is 24.0 Å². The molecule has 1 saturated heterocycles.